The largest absolute Gasteiger partial charge is 0.481 e. The van der Waals surface area contributed by atoms with Crippen LogP contribution in [0.3, 0.4) is 0 Å². The van der Waals surface area contributed by atoms with Gasteiger partial charge in [0, 0.05) is 26.2 Å². The number of hydrogen-bond donors (Lipinski definition) is 2. The van der Waals surface area contributed by atoms with Crippen molar-refractivity contribution in [3.63, 3.8) is 0 Å². The summed E-state index contributed by atoms with van der Waals surface area (Å²) in [6.07, 6.45) is 5.23. The van der Waals surface area contributed by atoms with E-state index in [0.717, 1.165) is 25.7 Å². The number of urea groups is 1. The number of nitrogens with zero attached hydrogens (tertiary/aromatic N) is 1. The quantitative estimate of drug-likeness (QED) is 0.741. The van der Waals surface area contributed by atoms with E-state index in [2.05, 4.69) is 5.32 Å². The Labute approximate surface area is 119 Å². The van der Waals surface area contributed by atoms with E-state index in [4.69, 9.17) is 4.74 Å². The Balaban J connectivity index is 1.87. The van der Waals surface area contributed by atoms with E-state index >= 15 is 0 Å². The summed E-state index contributed by atoms with van der Waals surface area (Å²) in [5, 5.41) is 12.2. The number of methoxy groups -OCH3 is 1. The highest BCUT2D eigenvalue weighted by Crippen LogP contribution is 2.38. The van der Waals surface area contributed by atoms with Gasteiger partial charge in [0.1, 0.15) is 0 Å². The van der Waals surface area contributed by atoms with Gasteiger partial charge in [-0.25, -0.2) is 4.79 Å². The molecule has 0 bridgehead atoms. The summed E-state index contributed by atoms with van der Waals surface area (Å²) in [4.78, 5) is 25.4. The van der Waals surface area contributed by atoms with Crippen LogP contribution in [0.5, 0.6) is 0 Å². The Morgan fingerprint density at radius 1 is 1.35 bits per heavy atom. The fraction of sp³-hybridized carbons (Fsp3) is 0.857. The number of carboxylic acid groups (broad SMARTS) is 1. The number of carbonyl (C=O) groups excluding carboxylic acids is 1. The number of aliphatic carboxylic acids is 1. The standard InChI is InChI=1S/C14H24N2O4/c1-20-9-8-16(11-4-5-11)13(19)15-10-14(12(17)18)6-2-3-7-14/h11H,2-10H2,1H3,(H,15,19)(H,17,18). The average Bonchev–Trinajstić information content (AvgIpc) is 3.14. The van der Waals surface area contributed by atoms with Crippen LogP contribution in [0.25, 0.3) is 0 Å². The third kappa shape index (κ3) is 3.42. The highest BCUT2D eigenvalue weighted by molar-refractivity contribution is 5.78. The fourth-order valence-corrected chi connectivity index (χ4v) is 2.89. The predicted octanol–water partition coefficient (Wildman–Crippen LogP) is 1.45. The third-order valence-electron chi connectivity index (χ3n) is 4.38. The van der Waals surface area contributed by atoms with Gasteiger partial charge in [0.2, 0.25) is 0 Å². The van der Waals surface area contributed by atoms with Crippen LogP contribution >= 0.6 is 0 Å². The molecule has 0 spiro atoms. The van der Waals surface area contributed by atoms with Crippen LogP contribution in [0.4, 0.5) is 4.79 Å². The van der Waals surface area contributed by atoms with Gasteiger partial charge < -0.3 is 20.1 Å². The van der Waals surface area contributed by atoms with Gasteiger partial charge in [-0.05, 0) is 25.7 Å². The molecule has 0 saturated heterocycles. The van der Waals surface area contributed by atoms with Gasteiger partial charge in [-0.1, -0.05) is 12.8 Å². The highest BCUT2D eigenvalue weighted by Gasteiger charge is 2.42. The fourth-order valence-electron chi connectivity index (χ4n) is 2.89. The predicted molar refractivity (Wildman–Crippen MR) is 73.5 cm³/mol. The maximum Gasteiger partial charge on any atom is 0.317 e. The van der Waals surface area contributed by atoms with E-state index in [0.29, 0.717) is 32.0 Å². The first-order valence-electron chi connectivity index (χ1n) is 7.36. The number of carbonyl (C=O) groups is 2. The van der Waals surface area contributed by atoms with Gasteiger partial charge in [-0.3, -0.25) is 4.79 Å². The van der Waals surface area contributed by atoms with E-state index < -0.39 is 11.4 Å². The van der Waals surface area contributed by atoms with Crippen molar-refractivity contribution in [2.75, 3.05) is 26.8 Å². The second kappa shape index (κ2) is 6.43. The zero-order valence-electron chi connectivity index (χ0n) is 12.1. The van der Waals surface area contributed by atoms with Crippen molar-refractivity contribution in [1.82, 2.24) is 10.2 Å². The van der Waals surface area contributed by atoms with Crippen LogP contribution in [0.15, 0.2) is 0 Å². The molecule has 6 nitrogen and oxygen atoms in total. The highest BCUT2D eigenvalue weighted by atomic mass is 16.5. The lowest BCUT2D eigenvalue weighted by Gasteiger charge is -2.27. The van der Waals surface area contributed by atoms with Crippen molar-refractivity contribution in [1.29, 1.82) is 0 Å². The molecule has 6 heteroatoms. The lowest BCUT2D eigenvalue weighted by molar-refractivity contribution is -0.148. The Kier molecular flexibility index (Phi) is 4.86. The maximum absolute atomic E-state index is 12.2. The number of rotatable bonds is 7. The minimum Gasteiger partial charge on any atom is -0.481 e. The smallest absolute Gasteiger partial charge is 0.317 e. The van der Waals surface area contributed by atoms with Crippen molar-refractivity contribution in [3.05, 3.63) is 0 Å². The number of carboxylic acids is 1. The van der Waals surface area contributed by atoms with Crippen LogP contribution in [-0.4, -0.2) is 54.9 Å². The molecule has 0 heterocycles. The van der Waals surface area contributed by atoms with Crippen LogP contribution in [-0.2, 0) is 9.53 Å². The van der Waals surface area contributed by atoms with Gasteiger partial charge in [0.15, 0.2) is 0 Å². The van der Waals surface area contributed by atoms with E-state index in [-0.39, 0.29) is 12.6 Å². The first kappa shape index (κ1) is 15.1. The second-order valence-electron chi connectivity index (χ2n) is 5.87. The molecule has 2 aliphatic carbocycles. The number of nitrogens with one attached hydrogen (secondary N) is 1. The van der Waals surface area contributed by atoms with Crippen molar-refractivity contribution < 1.29 is 19.4 Å². The summed E-state index contributed by atoms with van der Waals surface area (Å²) in [7, 11) is 1.61. The molecule has 2 amide bonds. The summed E-state index contributed by atoms with van der Waals surface area (Å²) in [5.41, 5.74) is -0.758. The van der Waals surface area contributed by atoms with Crippen LogP contribution in [0.1, 0.15) is 38.5 Å². The summed E-state index contributed by atoms with van der Waals surface area (Å²) in [6.45, 7) is 1.30. The van der Waals surface area contributed by atoms with Crippen molar-refractivity contribution in [2.24, 2.45) is 5.41 Å². The SMILES string of the molecule is COCCN(C(=O)NCC1(C(=O)O)CCCC1)C1CC1. The molecule has 0 aromatic carbocycles. The third-order valence-corrected chi connectivity index (χ3v) is 4.38. The van der Waals surface area contributed by atoms with E-state index in [1.165, 1.54) is 0 Å². The molecule has 0 radical (unpaired) electrons. The average molecular weight is 284 g/mol. The van der Waals surface area contributed by atoms with E-state index in [1.807, 2.05) is 0 Å². The molecule has 2 N–H and O–H groups in total. The van der Waals surface area contributed by atoms with Gasteiger partial charge in [-0.2, -0.15) is 0 Å². The number of hydrogen-bond acceptors (Lipinski definition) is 3. The van der Waals surface area contributed by atoms with Gasteiger partial charge in [0.05, 0.1) is 12.0 Å². The topological polar surface area (TPSA) is 78.9 Å². The summed E-state index contributed by atoms with van der Waals surface area (Å²) < 4.78 is 5.02. The molecule has 0 atom stereocenters. The van der Waals surface area contributed by atoms with Gasteiger partial charge >= 0.3 is 12.0 Å². The van der Waals surface area contributed by atoms with Crippen LogP contribution < -0.4 is 5.32 Å². The first-order valence-corrected chi connectivity index (χ1v) is 7.36. The number of ether oxygens (including phenoxy) is 1. The zero-order chi connectivity index (χ0) is 14.6. The molecule has 2 fully saturated rings. The lowest BCUT2D eigenvalue weighted by Crippen LogP contribution is -2.48. The zero-order valence-corrected chi connectivity index (χ0v) is 12.1. The molecule has 0 aromatic heterocycles. The van der Waals surface area contributed by atoms with Crippen molar-refractivity contribution >= 4 is 12.0 Å². The number of amides is 2. The van der Waals surface area contributed by atoms with Gasteiger partial charge in [0.25, 0.3) is 0 Å². The van der Waals surface area contributed by atoms with Crippen molar-refractivity contribution in [3.8, 4) is 0 Å². The van der Waals surface area contributed by atoms with E-state index in [9.17, 15) is 14.7 Å². The first-order chi connectivity index (χ1) is 9.59. The summed E-state index contributed by atoms with van der Waals surface area (Å²) in [6, 6.07) is 0.145. The Bertz CT molecular complexity index is 362. The molecule has 0 unspecified atom stereocenters. The Hall–Kier alpha value is -1.30. The van der Waals surface area contributed by atoms with Crippen molar-refractivity contribution in [2.45, 2.75) is 44.6 Å². The monoisotopic (exact) mass is 284 g/mol. The molecule has 2 rings (SSSR count). The minimum absolute atomic E-state index is 0.155. The Morgan fingerprint density at radius 3 is 2.50 bits per heavy atom. The molecule has 2 saturated carbocycles. The summed E-state index contributed by atoms with van der Waals surface area (Å²) >= 11 is 0. The molecular weight excluding hydrogens is 260 g/mol. The van der Waals surface area contributed by atoms with Crippen LogP contribution in [0.2, 0.25) is 0 Å². The molecule has 20 heavy (non-hydrogen) atoms. The maximum atomic E-state index is 12.2. The molecule has 114 valence electrons. The molecular formula is C14H24N2O4. The molecule has 0 aromatic rings. The molecule has 0 aliphatic heterocycles. The van der Waals surface area contributed by atoms with E-state index in [1.54, 1.807) is 12.0 Å². The normalized spacial score (nSPS) is 20.6. The molecule has 2 aliphatic rings. The lowest BCUT2D eigenvalue weighted by atomic mass is 9.86. The van der Waals surface area contributed by atoms with Crippen LogP contribution in [0, 0.1) is 5.41 Å². The minimum atomic E-state index is -0.787. The summed E-state index contributed by atoms with van der Waals surface area (Å²) in [5.74, 6) is -0.787. The second-order valence-corrected chi connectivity index (χ2v) is 5.87. The Morgan fingerprint density at radius 2 is 2.00 bits per heavy atom. The van der Waals surface area contributed by atoms with Gasteiger partial charge in [-0.15, -0.1) is 0 Å².